The first-order valence-electron chi connectivity index (χ1n) is 7.82. The first-order valence-corrected chi connectivity index (χ1v) is 10.0. The lowest BCUT2D eigenvalue weighted by molar-refractivity contribution is -0.137. The Morgan fingerprint density at radius 1 is 1.04 bits per heavy atom. The fourth-order valence-corrected chi connectivity index (χ4v) is 4.74. The quantitative estimate of drug-likeness (QED) is 0.691. The maximum atomic E-state index is 12.8. The molecule has 3 rings (SSSR count). The molecule has 1 saturated heterocycles. The van der Waals surface area contributed by atoms with Crippen molar-refractivity contribution in [1.29, 1.82) is 0 Å². The molecule has 2 aromatic rings. The number of benzene rings is 2. The molecule has 1 aliphatic rings. The zero-order valence-electron chi connectivity index (χ0n) is 13.7. The molecule has 1 aliphatic heterocycles. The molecule has 1 atom stereocenters. The lowest BCUT2D eigenvalue weighted by atomic mass is 10.1. The third-order valence-corrected chi connectivity index (χ3v) is 6.42. The van der Waals surface area contributed by atoms with Crippen molar-refractivity contribution in [3.8, 4) is 0 Å². The van der Waals surface area contributed by atoms with Crippen LogP contribution in [0.5, 0.6) is 0 Å². The van der Waals surface area contributed by atoms with Crippen molar-refractivity contribution in [2.24, 2.45) is 0 Å². The van der Waals surface area contributed by atoms with Crippen molar-refractivity contribution in [2.75, 3.05) is 19.7 Å². The van der Waals surface area contributed by atoms with E-state index in [2.05, 4.69) is 0 Å². The Morgan fingerprint density at radius 3 is 2.19 bits per heavy atom. The molecule has 0 spiro atoms. The Bertz CT molecular complexity index is 913. The molecule has 27 heavy (non-hydrogen) atoms. The van der Waals surface area contributed by atoms with Gasteiger partial charge in [0.2, 0.25) is 10.0 Å². The number of halogens is 5. The molecule has 0 N–H and O–H groups in total. The van der Waals surface area contributed by atoms with Crippen LogP contribution < -0.4 is 0 Å². The summed E-state index contributed by atoms with van der Waals surface area (Å²) in [6.45, 7) is 0.225. The zero-order chi connectivity index (χ0) is 19.8. The van der Waals surface area contributed by atoms with E-state index in [1.54, 1.807) is 18.2 Å². The van der Waals surface area contributed by atoms with Gasteiger partial charge in [0.25, 0.3) is 0 Å². The molecule has 10 heteroatoms. The smallest absolute Gasteiger partial charge is 0.371 e. The van der Waals surface area contributed by atoms with Crippen LogP contribution in [0.1, 0.15) is 17.2 Å². The van der Waals surface area contributed by atoms with E-state index in [9.17, 15) is 21.6 Å². The van der Waals surface area contributed by atoms with E-state index < -0.39 is 27.9 Å². The Morgan fingerprint density at radius 2 is 1.63 bits per heavy atom. The van der Waals surface area contributed by atoms with Gasteiger partial charge in [-0.1, -0.05) is 23.2 Å². The van der Waals surface area contributed by atoms with Gasteiger partial charge < -0.3 is 4.74 Å². The van der Waals surface area contributed by atoms with Crippen LogP contribution in [0.2, 0.25) is 10.0 Å². The topological polar surface area (TPSA) is 46.6 Å². The Kier molecular flexibility index (Phi) is 5.74. The number of alkyl halides is 3. The highest BCUT2D eigenvalue weighted by Gasteiger charge is 2.34. The van der Waals surface area contributed by atoms with E-state index in [0.717, 1.165) is 24.3 Å². The molecule has 0 saturated carbocycles. The minimum atomic E-state index is -4.53. The van der Waals surface area contributed by atoms with Gasteiger partial charge in [-0.05, 0) is 48.0 Å². The van der Waals surface area contributed by atoms with E-state index in [1.807, 2.05) is 0 Å². The fourth-order valence-electron chi connectivity index (χ4n) is 2.77. The van der Waals surface area contributed by atoms with Crippen LogP contribution >= 0.6 is 23.2 Å². The summed E-state index contributed by atoms with van der Waals surface area (Å²) in [6, 6.07) is 8.23. The Balaban J connectivity index is 1.84. The summed E-state index contributed by atoms with van der Waals surface area (Å²) in [6.07, 6.45) is -5.11. The minimum Gasteiger partial charge on any atom is -0.371 e. The number of hydrogen-bond acceptors (Lipinski definition) is 3. The molecule has 0 aromatic heterocycles. The second kappa shape index (κ2) is 7.60. The van der Waals surface area contributed by atoms with Crippen LogP contribution in [0.25, 0.3) is 0 Å². The summed E-state index contributed by atoms with van der Waals surface area (Å²) in [7, 11) is -3.97. The standard InChI is InChI=1S/C17H14Cl2F3NO3S/c18-13-7-11(8-14(19)9-13)16-10-23(5-6-26-16)27(24,25)15-3-1-12(2-4-15)17(20,21)22/h1-4,7-9,16H,5-6,10H2. The molecule has 0 aliphatic carbocycles. The molecule has 2 aromatic carbocycles. The van der Waals surface area contributed by atoms with Crippen LogP contribution in [-0.4, -0.2) is 32.4 Å². The molecule has 4 nitrogen and oxygen atoms in total. The highest BCUT2D eigenvalue weighted by molar-refractivity contribution is 7.89. The molecule has 1 unspecified atom stereocenters. The molecule has 0 bridgehead atoms. The molecule has 146 valence electrons. The summed E-state index contributed by atoms with van der Waals surface area (Å²) < 4.78 is 70.4. The highest BCUT2D eigenvalue weighted by atomic mass is 35.5. The maximum absolute atomic E-state index is 12.8. The molecule has 1 heterocycles. The SMILES string of the molecule is O=S(=O)(c1ccc(C(F)(F)F)cc1)N1CCOC(c2cc(Cl)cc(Cl)c2)C1. The van der Waals surface area contributed by atoms with E-state index in [1.165, 1.54) is 4.31 Å². The summed E-state index contributed by atoms with van der Waals surface area (Å²) in [5, 5.41) is 0.785. The van der Waals surface area contributed by atoms with Gasteiger partial charge in [0.05, 0.1) is 23.2 Å². The van der Waals surface area contributed by atoms with Crippen LogP contribution in [-0.2, 0) is 20.9 Å². The number of nitrogens with zero attached hydrogens (tertiary/aromatic N) is 1. The Labute approximate surface area is 164 Å². The molecular formula is C17H14Cl2F3NO3S. The Hall–Kier alpha value is -1.32. The van der Waals surface area contributed by atoms with Gasteiger partial charge in [-0.3, -0.25) is 0 Å². The second-order valence-electron chi connectivity index (χ2n) is 5.95. The second-order valence-corrected chi connectivity index (χ2v) is 8.76. The van der Waals surface area contributed by atoms with Gasteiger partial charge in [-0.25, -0.2) is 8.42 Å². The van der Waals surface area contributed by atoms with E-state index in [4.69, 9.17) is 27.9 Å². The third kappa shape index (κ3) is 4.57. The van der Waals surface area contributed by atoms with Crippen LogP contribution in [0.15, 0.2) is 47.4 Å². The number of hydrogen-bond donors (Lipinski definition) is 0. The molecule has 0 amide bonds. The number of morpholine rings is 1. The van der Waals surface area contributed by atoms with E-state index in [-0.39, 0.29) is 24.6 Å². The predicted molar refractivity (Wildman–Crippen MR) is 95.4 cm³/mol. The zero-order valence-corrected chi connectivity index (χ0v) is 16.0. The normalized spacial score (nSPS) is 19.2. The molecule has 0 radical (unpaired) electrons. The van der Waals surface area contributed by atoms with Crippen molar-refractivity contribution in [1.82, 2.24) is 4.31 Å². The lowest BCUT2D eigenvalue weighted by Gasteiger charge is -2.32. The predicted octanol–water partition coefficient (Wildman–Crippen LogP) is 4.77. The van der Waals surface area contributed by atoms with Gasteiger partial charge in [0.1, 0.15) is 0 Å². The van der Waals surface area contributed by atoms with Crippen molar-refractivity contribution in [3.63, 3.8) is 0 Å². The van der Waals surface area contributed by atoms with Crippen LogP contribution in [0.3, 0.4) is 0 Å². The van der Waals surface area contributed by atoms with Crippen molar-refractivity contribution in [2.45, 2.75) is 17.2 Å². The fraction of sp³-hybridized carbons (Fsp3) is 0.294. The molecule has 1 fully saturated rings. The lowest BCUT2D eigenvalue weighted by Crippen LogP contribution is -2.42. The van der Waals surface area contributed by atoms with Gasteiger partial charge in [0, 0.05) is 23.1 Å². The number of rotatable bonds is 3. The first kappa shape index (κ1) is 20.4. The largest absolute Gasteiger partial charge is 0.416 e. The highest BCUT2D eigenvalue weighted by Crippen LogP contribution is 2.32. The van der Waals surface area contributed by atoms with Gasteiger partial charge in [-0.15, -0.1) is 0 Å². The van der Waals surface area contributed by atoms with Crippen molar-refractivity contribution < 1.29 is 26.3 Å². The van der Waals surface area contributed by atoms with E-state index >= 15 is 0 Å². The van der Waals surface area contributed by atoms with Gasteiger partial charge >= 0.3 is 6.18 Å². The summed E-state index contributed by atoms with van der Waals surface area (Å²) in [5.41, 5.74) is -0.283. The third-order valence-electron chi connectivity index (χ3n) is 4.11. The van der Waals surface area contributed by atoms with Crippen LogP contribution in [0, 0.1) is 0 Å². The van der Waals surface area contributed by atoms with Gasteiger partial charge in [0.15, 0.2) is 0 Å². The van der Waals surface area contributed by atoms with Crippen LogP contribution in [0.4, 0.5) is 13.2 Å². The monoisotopic (exact) mass is 439 g/mol. The summed E-state index contributed by atoms with van der Waals surface area (Å²) >= 11 is 12.0. The van der Waals surface area contributed by atoms with Crippen molar-refractivity contribution in [3.05, 3.63) is 63.6 Å². The van der Waals surface area contributed by atoms with Crippen molar-refractivity contribution >= 4 is 33.2 Å². The minimum absolute atomic E-state index is 0.0000265. The first-order chi connectivity index (χ1) is 12.6. The maximum Gasteiger partial charge on any atom is 0.416 e. The average molecular weight is 440 g/mol. The molecular weight excluding hydrogens is 426 g/mol. The number of sulfonamides is 1. The van der Waals surface area contributed by atoms with Gasteiger partial charge in [-0.2, -0.15) is 17.5 Å². The average Bonchev–Trinajstić information content (AvgIpc) is 2.60. The summed E-state index contributed by atoms with van der Waals surface area (Å²) in [4.78, 5) is -0.208. The van der Waals surface area contributed by atoms with E-state index in [0.29, 0.717) is 15.6 Å². The number of ether oxygens (including phenoxy) is 1. The summed E-state index contributed by atoms with van der Waals surface area (Å²) in [5.74, 6) is 0.